The van der Waals surface area contributed by atoms with Crippen molar-refractivity contribution in [3.05, 3.63) is 52.5 Å². The van der Waals surface area contributed by atoms with E-state index in [2.05, 4.69) is 17.4 Å². The van der Waals surface area contributed by atoms with Gasteiger partial charge in [-0.05, 0) is 65.4 Å². The number of hydrogen-bond donors (Lipinski definition) is 2. The van der Waals surface area contributed by atoms with Crippen LogP contribution < -0.4 is 10.1 Å². The number of nitrogens with one attached hydrogen (secondary N) is 1. The van der Waals surface area contributed by atoms with E-state index in [1.165, 1.54) is 12.0 Å². The van der Waals surface area contributed by atoms with Crippen molar-refractivity contribution in [3.8, 4) is 5.75 Å². The Labute approximate surface area is 162 Å². The first-order valence-corrected chi connectivity index (χ1v) is 10.1. The van der Waals surface area contributed by atoms with E-state index >= 15 is 0 Å². The van der Waals surface area contributed by atoms with E-state index in [4.69, 9.17) is 14.8 Å². The number of hydrogen-bond acceptors (Lipinski definition) is 5. The van der Waals surface area contributed by atoms with Gasteiger partial charge in [0.2, 0.25) is 0 Å². The van der Waals surface area contributed by atoms with Crippen LogP contribution in [0.1, 0.15) is 29.7 Å². The summed E-state index contributed by atoms with van der Waals surface area (Å²) in [6.45, 7) is 1.57. The topological polar surface area (TPSA) is 71.5 Å². The molecule has 1 aliphatic rings. The summed E-state index contributed by atoms with van der Waals surface area (Å²) in [5.41, 5.74) is 3.43. The molecule has 0 aliphatic carbocycles. The first-order valence-electron chi connectivity index (χ1n) is 9.26. The summed E-state index contributed by atoms with van der Waals surface area (Å²) in [7, 11) is 0. The van der Waals surface area contributed by atoms with Gasteiger partial charge in [0.05, 0.1) is 6.61 Å². The third-order valence-corrected chi connectivity index (χ3v) is 5.81. The molecule has 6 heteroatoms. The van der Waals surface area contributed by atoms with E-state index in [0.717, 1.165) is 52.3 Å². The van der Waals surface area contributed by atoms with E-state index in [-0.39, 0.29) is 6.42 Å². The highest BCUT2D eigenvalue weighted by Gasteiger charge is 2.11. The number of fused-ring (bicyclic) bond motifs is 2. The number of thiophene rings is 1. The minimum Gasteiger partial charge on any atom is -0.493 e. The number of pyridine rings is 1. The van der Waals surface area contributed by atoms with Crippen LogP contribution in [0.5, 0.6) is 5.75 Å². The summed E-state index contributed by atoms with van der Waals surface area (Å²) in [6, 6.07) is 10.3. The molecule has 0 unspecified atom stereocenters. The van der Waals surface area contributed by atoms with Gasteiger partial charge in [-0.15, -0.1) is 11.3 Å². The number of ether oxygens (including phenoxy) is 1. The molecular formula is C21H22N2O3S. The van der Waals surface area contributed by atoms with Crippen molar-refractivity contribution in [3.63, 3.8) is 0 Å². The van der Waals surface area contributed by atoms with Crippen LogP contribution >= 0.6 is 11.3 Å². The van der Waals surface area contributed by atoms with Gasteiger partial charge < -0.3 is 15.2 Å². The lowest BCUT2D eigenvalue weighted by atomic mass is 10.1. The van der Waals surface area contributed by atoms with Gasteiger partial charge >= 0.3 is 5.97 Å². The maximum Gasteiger partial charge on any atom is 0.303 e. The molecule has 0 radical (unpaired) electrons. The molecule has 5 nitrogen and oxygen atoms in total. The molecule has 27 heavy (non-hydrogen) atoms. The second-order valence-electron chi connectivity index (χ2n) is 6.75. The first-order chi connectivity index (χ1) is 13.2. The van der Waals surface area contributed by atoms with E-state index in [0.29, 0.717) is 13.0 Å². The van der Waals surface area contributed by atoms with Crippen molar-refractivity contribution in [2.24, 2.45) is 0 Å². The zero-order chi connectivity index (χ0) is 18.6. The summed E-state index contributed by atoms with van der Waals surface area (Å²) >= 11 is 1.63. The zero-order valence-electron chi connectivity index (χ0n) is 15.0. The smallest absolute Gasteiger partial charge is 0.303 e. The standard InChI is InChI=1S/C21H22N2O3S/c24-20(25)8-4-15-13-27-19-12-17(6-7-18(15)19)26-11-9-16-5-3-14-2-1-10-22-21(14)23-16/h3,5-7,12-13H,1-2,4,8-11H2,(H,22,23)(H,24,25). The quantitative estimate of drug-likeness (QED) is 0.638. The van der Waals surface area contributed by atoms with E-state index in [1.807, 2.05) is 23.6 Å². The average Bonchev–Trinajstić information content (AvgIpc) is 3.08. The number of carboxylic acid groups (broad SMARTS) is 1. The highest BCUT2D eigenvalue weighted by atomic mass is 32.1. The molecule has 3 heterocycles. The van der Waals surface area contributed by atoms with Gasteiger partial charge in [0, 0.05) is 29.8 Å². The number of carboxylic acids is 1. The fraction of sp³-hybridized carbons (Fsp3) is 0.333. The Hall–Kier alpha value is -2.60. The Morgan fingerprint density at radius 2 is 2.19 bits per heavy atom. The van der Waals surface area contributed by atoms with Gasteiger partial charge in [0.1, 0.15) is 11.6 Å². The average molecular weight is 382 g/mol. The Morgan fingerprint density at radius 1 is 1.26 bits per heavy atom. The lowest BCUT2D eigenvalue weighted by Crippen LogP contribution is -2.14. The Morgan fingerprint density at radius 3 is 3.07 bits per heavy atom. The van der Waals surface area contributed by atoms with Crippen LogP contribution in [0.2, 0.25) is 0 Å². The number of aryl methyl sites for hydroxylation is 2. The van der Waals surface area contributed by atoms with E-state index in [1.54, 1.807) is 11.3 Å². The SMILES string of the molecule is O=C(O)CCc1csc2cc(OCCc3ccc4c(n3)NCCC4)ccc12. The fourth-order valence-electron chi connectivity index (χ4n) is 3.37. The lowest BCUT2D eigenvalue weighted by Gasteiger charge is -2.17. The first kappa shape index (κ1) is 17.8. The van der Waals surface area contributed by atoms with E-state index < -0.39 is 5.97 Å². The van der Waals surface area contributed by atoms with Crippen molar-refractivity contribution >= 4 is 33.2 Å². The van der Waals surface area contributed by atoms with Crippen LogP contribution in [0.25, 0.3) is 10.1 Å². The summed E-state index contributed by atoms with van der Waals surface area (Å²) < 4.78 is 7.05. The third-order valence-electron chi connectivity index (χ3n) is 4.81. The minimum absolute atomic E-state index is 0.159. The molecule has 1 aliphatic heterocycles. The normalized spacial score (nSPS) is 13.2. The van der Waals surface area contributed by atoms with Crippen molar-refractivity contribution in [2.75, 3.05) is 18.5 Å². The van der Waals surface area contributed by atoms with Gasteiger partial charge in [-0.3, -0.25) is 4.79 Å². The number of nitrogens with zero attached hydrogens (tertiary/aromatic N) is 1. The summed E-state index contributed by atoms with van der Waals surface area (Å²) in [6.07, 6.45) is 3.75. The highest BCUT2D eigenvalue weighted by molar-refractivity contribution is 7.17. The third kappa shape index (κ3) is 4.22. The molecule has 0 bridgehead atoms. The minimum atomic E-state index is -0.764. The van der Waals surface area contributed by atoms with Crippen LogP contribution in [0.15, 0.2) is 35.7 Å². The summed E-state index contributed by atoms with van der Waals surface area (Å²) in [5, 5.41) is 15.4. The molecule has 0 amide bonds. The number of aliphatic carboxylic acids is 1. The Bertz CT molecular complexity index is 967. The Balaban J connectivity index is 1.37. The predicted molar refractivity (Wildman–Crippen MR) is 108 cm³/mol. The molecule has 2 aromatic heterocycles. The molecular weight excluding hydrogens is 360 g/mol. The maximum absolute atomic E-state index is 10.8. The monoisotopic (exact) mass is 382 g/mol. The largest absolute Gasteiger partial charge is 0.493 e. The van der Waals surface area contributed by atoms with Crippen LogP contribution in [0.4, 0.5) is 5.82 Å². The van der Waals surface area contributed by atoms with Gasteiger partial charge in [0.25, 0.3) is 0 Å². The number of benzene rings is 1. The molecule has 4 rings (SSSR count). The summed E-state index contributed by atoms with van der Waals surface area (Å²) in [4.78, 5) is 15.5. The van der Waals surface area contributed by atoms with Crippen LogP contribution in [0.3, 0.4) is 0 Å². The van der Waals surface area contributed by atoms with Gasteiger partial charge in [-0.1, -0.05) is 6.07 Å². The van der Waals surface area contributed by atoms with Crippen molar-refractivity contribution in [1.82, 2.24) is 4.98 Å². The molecule has 2 N–H and O–H groups in total. The molecule has 0 fully saturated rings. The molecule has 0 saturated heterocycles. The van der Waals surface area contributed by atoms with Crippen molar-refractivity contribution in [1.29, 1.82) is 0 Å². The van der Waals surface area contributed by atoms with Crippen LogP contribution in [-0.2, 0) is 24.1 Å². The Kier molecular flexibility index (Phi) is 5.25. The molecule has 0 spiro atoms. The summed E-state index contributed by atoms with van der Waals surface area (Å²) in [5.74, 6) is 1.10. The molecule has 0 atom stereocenters. The van der Waals surface area contributed by atoms with Crippen LogP contribution in [-0.4, -0.2) is 29.2 Å². The molecule has 140 valence electrons. The molecule has 1 aromatic carbocycles. The fourth-order valence-corrected chi connectivity index (χ4v) is 4.39. The number of anilines is 1. The molecule has 3 aromatic rings. The van der Waals surface area contributed by atoms with Crippen molar-refractivity contribution in [2.45, 2.75) is 32.1 Å². The second-order valence-corrected chi connectivity index (χ2v) is 7.66. The lowest BCUT2D eigenvalue weighted by molar-refractivity contribution is -0.136. The predicted octanol–water partition coefficient (Wildman–Crippen LogP) is 4.29. The maximum atomic E-state index is 10.8. The second kappa shape index (κ2) is 7.96. The number of aromatic nitrogens is 1. The van der Waals surface area contributed by atoms with Crippen LogP contribution in [0, 0.1) is 0 Å². The van der Waals surface area contributed by atoms with Gasteiger partial charge in [0.15, 0.2) is 0 Å². The molecule has 0 saturated carbocycles. The van der Waals surface area contributed by atoms with Gasteiger partial charge in [-0.25, -0.2) is 4.98 Å². The number of carbonyl (C=O) groups is 1. The number of rotatable bonds is 7. The van der Waals surface area contributed by atoms with Gasteiger partial charge in [-0.2, -0.15) is 0 Å². The van der Waals surface area contributed by atoms with E-state index in [9.17, 15) is 4.79 Å². The zero-order valence-corrected chi connectivity index (χ0v) is 15.8. The van der Waals surface area contributed by atoms with Crippen molar-refractivity contribution < 1.29 is 14.6 Å². The highest BCUT2D eigenvalue weighted by Crippen LogP contribution is 2.30.